The van der Waals surface area contributed by atoms with Gasteiger partial charge >= 0.3 is 11.9 Å². The Bertz CT molecular complexity index is 1400. The van der Waals surface area contributed by atoms with Crippen LogP contribution in [0.3, 0.4) is 0 Å². The van der Waals surface area contributed by atoms with Crippen LogP contribution in [0.1, 0.15) is 41.6 Å². The van der Waals surface area contributed by atoms with Crippen LogP contribution in [0.5, 0.6) is 5.75 Å². The highest BCUT2D eigenvalue weighted by atomic mass is 16.7. The SMILES string of the molecule is C=C(CO[C@H]1[C@H](NC(C)=O)[C@H](OCC#Cc2ccc(O)c(C(=O)OC)c2)O[C@H]2CO[C@H](c3ccccc3)O[C@@H]12)C(=O)OCC. The molecule has 0 aromatic heterocycles. The number of hydrogen-bond donors (Lipinski definition) is 2. The van der Waals surface area contributed by atoms with Crippen LogP contribution in [0.25, 0.3) is 0 Å². The molecule has 2 fully saturated rings. The Morgan fingerprint density at radius 2 is 1.89 bits per heavy atom. The second kappa shape index (κ2) is 15.5. The zero-order chi connectivity index (χ0) is 31.6. The largest absolute Gasteiger partial charge is 0.507 e. The third kappa shape index (κ3) is 8.22. The zero-order valence-electron chi connectivity index (χ0n) is 24.6. The maximum atomic E-state index is 12.3. The summed E-state index contributed by atoms with van der Waals surface area (Å²) in [6.07, 6.45) is -3.99. The van der Waals surface area contributed by atoms with E-state index in [2.05, 4.69) is 28.5 Å². The first-order valence-electron chi connectivity index (χ1n) is 13.9. The van der Waals surface area contributed by atoms with Crippen molar-refractivity contribution in [1.29, 1.82) is 0 Å². The average Bonchev–Trinajstić information content (AvgIpc) is 3.02. The molecule has 2 aliphatic rings. The number of benzene rings is 2. The van der Waals surface area contributed by atoms with E-state index in [4.69, 9.17) is 28.4 Å². The van der Waals surface area contributed by atoms with Gasteiger partial charge in [-0.15, -0.1) is 0 Å². The molecule has 234 valence electrons. The molecule has 6 atom stereocenters. The van der Waals surface area contributed by atoms with Gasteiger partial charge in [0, 0.05) is 18.1 Å². The summed E-state index contributed by atoms with van der Waals surface area (Å²) in [5.41, 5.74) is 1.29. The van der Waals surface area contributed by atoms with Crippen molar-refractivity contribution in [2.75, 3.05) is 33.5 Å². The third-order valence-electron chi connectivity index (χ3n) is 6.75. The Morgan fingerprint density at radius 1 is 1.11 bits per heavy atom. The highest BCUT2D eigenvalue weighted by Gasteiger charge is 2.51. The topological polar surface area (TPSA) is 148 Å². The number of nitrogens with one attached hydrogen (secondary N) is 1. The molecule has 2 aromatic carbocycles. The first-order chi connectivity index (χ1) is 21.2. The minimum atomic E-state index is -1.04. The van der Waals surface area contributed by atoms with Crippen LogP contribution in [-0.2, 0) is 42.7 Å². The Balaban J connectivity index is 1.54. The summed E-state index contributed by atoms with van der Waals surface area (Å²) >= 11 is 0. The van der Waals surface area contributed by atoms with E-state index in [9.17, 15) is 19.5 Å². The minimum absolute atomic E-state index is 0.0249. The molecule has 0 spiro atoms. The Kier molecular flexibility index (Phi) is 11.5. The number of aromatic hydroxyl groups is 1. The lowest BCUT2D eigenvalue weighted by atomic mass is 9.95. The molecule has 12 heteroatoms. The molecule has 2 N–H and O–H groups in total. The summed E-state index contributed by atoms with van der Waals surface area (Å²) in [5, 5.41) is 12.8. The predicted molar refractivity (Wildman–Crippen MR) is 154 cm³/mol. The number of methoxy groups -OCH3 is 1. The average molecular weight is 610 g/mol. The first kappa shape index (κ1) is 32.7. The van der Waals surface area contributed by atoms with Gasteiger partial charge in [0.25, 0.3) is 0 Å². The number of carbonyl (C=O) groups excluding carboxylic acids is 3. The summed E-state index contributed by atoms with van der Waals surface area (Å²) in [4.78, 5) is 36.4. The van der Waals surface area contributed by atoms with Crippen molar-refractivity contribution >= 4 is 17.8 Å². The molecule has 2 aromatic rings. The van der Waals surface area contributed by atoms with E-state index in [1.54, 1.807) is 6.92 Å². The number of fused-ring (bicyclic) bond motifs is 1. The fraction of sp³-hybridized carbons (Fsp3) is 0.406. The Labute approximate surface area is 255 Å². The van der Waals surface area contributed by atoms with Gasteiger partial charge in [0.05, 0.1) is 32.5 Å². The van der Waals surface area contributed by atoms with Gasteiger partial charge in [0.15, 0.2) is 12.6 Å². The van der Waals surface area contributed by atoms with Crippen molar-refractivity contribution in [2.24, 2.45) is 0 Å². The van der Waals surface area contributed by atoms with Crippen molar-refractivity contribution in [3.8, 4) is 17.6 Å². The van der Waals surface area contributed by atoms with Gasteiger partial charge in [0.2, 0.25) is 5.91 Å². The normalized spacial score (nSPS) is 24.2. The molecule has 4 rings (SSSR count). The van der Waals surface area contributed by atoms with E-state index in [1.807, 2.05) is 30.3 Å². The molecular weight excluding hydrogens is 574 g/mol. The molecule has 1 amide bonds. The third-order valence-corrected chi connectivity index (χ3v) is 6.75. The molecule has 2 saturated heterocycles. The molecule has 0 saturated carbocycles. The van der Waals surface area contributed by atoms with Crippen LogP contribution in [-0.4, -0.2) is 87.1 Å². The van der Waals surface area contributed by atoms with Crippen molar-refractivity contribution in [1.82, 2.24) is 5.32 Å². The molecule has 2 heterocycles. The summed E-state index contributed by atoms with van der Waals surface area (Å²) in [7, 11) is 1.21. The maximum Gasteiger partial charge on any atom is 0.341 e. The van der Waals surface area contributed by atoms with Crippen LogP contribution in [0.15, 0.2) is 60.7 Å². The van der Waals surface area contributed by atoms with Gasteiger partial charge in [-0.2, -0.15) is 0 Å². The minimum Gasteiger partial charge on any atom is -0.507 e. The predicted octanol–water partition coefficient (Wildman–Crippen LogP) is 2.40. The van der Waals surface area contributed by atoms with Crippen LogP contribution >= 0.6 is 0 Å². The standard InChI is InChI=1S/C32H35NO11/c1-5-39-29(36)19(2)17-41-28-26(33-20(3)34)32(40-15-9-10-21-13-14-24(35)23(16-21)30(37)38-4)43-25-18-42-31(44-27(25)28)22-11-7-6-8-12-22/h6-8,11-14,16,25-28,31-32,35H,2,5,15,17-18H2,1,3-4H3,(H,33,34)/t25-,26-,27+,28-,31-,32+/m0/s1. The van der Waals surface area contributed by atoms with E-state index < -0.39 is 48.9 Å². The van der Waals surface area contributed by atoms with Crippen molar-refractivity contribution in [3.05, 3.63) is 77.4 Å². The fourth-order valence-electron chi connectivity index (χ4n) is 4.72. The highest BCUT2D eigenvalue weighted by molar-refractivity contribution is 5.92. The molecule has 44 heavy (non-hydrogen) atoms. The molecule has 0 bridgehead atoms. The van der Waals surface area contributed by atoms with Gasteiger partial charge in [-0.25, -0.2) is 9.59 Å². The Hall–Kier alpha value is -4.25. The second-order valence-electron chi connectivity index (χ2n) is 9.88. The van der Waals surface area contributed by atoms with Crippen molar-refractivity contribution in [2.45, 2.75) is 50.8 Å². The highest BCUT2D eigenvalue weighted by Crippen LogP contribution is 2.36. The molecule has 0 aliphatic carbocycles. The lowest BCUT2D eigenvalue weighted by Crippen LogP contribution is -2.67. The van der Waals surface area contributed by atoms with E-state index in [1.165, 1.54) is 32.2 Å². The lowest BCUT2D eigenvalue weighted by Gasteiger charge is -2.49. The summed E-state index contributed by atoms with van der Waals surface area (Å²) < 4.78 is 40.3. The number of carbonyl (C=O) groups is 3. The number of rotatable bonds is 10. The zero-order valence-corrected chi connectivity index (χ0v) is 24.6. The Morgan fingerprint density at radius 3 is 2.59 bits per heavy atom. The summed E-state index contributed by atoms with van der Waals surface area (Å²) in [6, 6.07) is 12.7. The summed E-state index contributed by atoms with van der Waals surface area (Å²) in [6.45, 7) is 6.78. The van der Waals surface area contributed by atoms with Gasteiger partial charge in [-0.1, -0.05) is 48.8 Å². The second-order valence-corrected chi connectivity index (χ2v) is 9.88. The number of amides is 1. The number of phenols is 1. The molecular formula is C32H35NO11. The maximum absolute atomic E-state index is 12.3. The number of esters is 2. The van der Waals surface area contributed by atoms with Crippen LogP contribution in [0, 0.1) is 11.8 Å². The van der Waals surface area contributed by atoms with Crippen molar-refractivity contribution < 1.29 is 52.6 Å². The molecule has 12 nitrogen and oxygen atoms in total. The van der Waals surface area contributed by atoms with Gasteiger partial charge in [-0.05, 0) is 25.1 Å². The summed E-state index contributed by atoms with van der Waals surface area (Å²) in [5.74, 6) is 3.80. The van der Waals surface area contributed by atoms with Crippen molar-refractivity contribution in [3.63, 3.8) is 0 Å². The molecule has 0 unspecified atom stereocenters. The van der Waals surface area contributed by atoms with Crippen LogP contribution < -0.4 is 5.32 Å². The fourth-order valence-corrected chi connectivity index (χ4v) is 4.72. The van der Waals surface area contributed by atoms with E-state index in [-0.39, 0.29) is 49.2 Å². The number of ether oxygens (including phenoxy) is 7. The van der Waals surface area contributed by atoms with Gasteiger partial charge in [0.1, 0.15) is 42.3 Å². The van der Waals surface area contributed by atoms with Crippen LogP contribution in [0.4, 0.5) is 0 Å². The quantitative estimate of drug-likeness (QED) is 0.232. The molecule has 2 aliphatic heterocycles. The van der Waals surface area contributed by atoms with E-state index in [0.29, 0.717) is 5.56 Å². The van der Waals surface area contributed by atoms with E-state index >= 15 is 0 Å². The smallest absolute Gasteiger partial charge is 0.341 e. The van der Waals surface area contributed by atoms with Gasteiger partial charge < -0.3 is 43.6 Å². The first-order valence-corrected chi connectivity index (χ1v) is 13.9. The molecule has 0 radical (unpaired) electrons. The van der Waals surface area contributed by atoms with Gasteiger partial charge in [-0.3, -0.25) is 4.79 Å². The lowest BCUT2D eigenvalue weighted by molar-refractivity contribution is -0.346. The number of phenolic OH excluding ortho intramolecular Hbond substituents is 1. The van der Waals surface area contributed by atoms with Crippen LogP contribution in [0.2, 0.25) is 0 Å². The van der Waals surface area contributed by atoms with E-state index in [0.717, 1.165) is 5.56 Å². The monoisotopic (exact) mass is 609 g/mol. The number of hydrogen-bond acceptors (Lipinski definition) is 11.